The van der Waals surface area contributed by atoms with E-state index in [-0.39, 0.29) is 11.4 Å². The zero-order valence-corrected chi connectivity index (χ0v) is 13.7. The van der Waals surface area contributed by atoms with Crippen molar-refractivity contribution in [1.82, 2.24) is 4.72 Å². The molecule has 0 heterocycles. The molecule has 0 radical (unpaired) electrons. The van der Waals surface area contributed by atoms with E-state index in [1.807, 2.05) is 30.3 Å². The van der Waals surface area contributed by atoms with E-state index in [1.54, 1.807) is 0 Å². The van der Waals surface area contributed by atoms with Crippen LogP contribution in [0.15, 0.2) is 59.5 Å². The van der Waals surface area contributed by atoms with Crippen molar-refractivity contribution in [3.63, 3.8) is 0 Å². The third-order valence-electron chi connectivity index (χ3n) is 3.52. The predicted octanol–water partition coefficient (Wildman–Crippen LogP) is 4.01. The van der Waals surface area contributed by atoms with Gasteiger partial charge in [-0.25, -0.2) is 13.1 Å². The van der Waals surface area contributed by atoms with Crippen molar-refractivity contribution in [3.05, 3.63) is 65.7 Å². The Labute approximate surface area is 139 Å². The number of alkyl halides is 3. The summed E-state index contributed by atoms with van der Waals surface area (Å²) in [7, 11) is -3.78. The molecule has 0 aromatic heterocycles. The van der Waals surface area contributed by atoms with Gasteiger partial charge in [-0.3, -0.25) is 0 Å². The molecule has 0 bridgehead atoms. The maximum Gasteiger partial charge on any atom is 0.416 e. The van der Waals surface area contributed by atoms with Crippen LogP contribution < -0.4 is 4.72 Å². The molecule has 0 unspecified atom stereocenters. The lowest BCUT2D eigenvalue weighted by molar-refractivity contribution is -0.137. The van der Waals surface area contributed by atoms with E-state index in [2.05, 4.69) is 4.72 Å². The molecule has 0 aliphatic carbocycles. The van der Waals surface area contributed by atoms with Crippen LogP contribution in [0, 0.1) is 0 Å². The fourth-order valence-corrected chi connectivity index (χ4v) is 3.29. The average Bonchev–Trinajstić information content (AvgIpc) is 2.55. The van der Waals surface area contributed by atoms with Crippen LogP contribution in [0.25, 0.3) is 0 Å². The molecule has 0 fully saturated rings. The van der Waals surface area contributed by atoms with Crippen molar-refractivity contribution in [2.45, 2.75) is 30.3 Å². The van der Waals surface area contributed by atoms with E-state index >= 15 is 0 Å². The maximum atomic E-state index is 12.5. The summed E-state index contributed by atoms with van der Waals surface area (Å²) in [6, 6.07) is 13.3. The lowest BCUT2D eigenvalue weighted by Crippen LogP contribution is -2.25. The summed E-state index contributed by atoms with van der Waals surface area (Å²) in [5.74, 6) is 0. The Morgan fingerprint density at radius 3 is 2.08 bits per heavy atom. The maximum absolute atomic E-state index is 12.5. The van der Waals surface area contributed by atoms with Gasteiger partial charge in [-0.2, -0.15) is 13.2 Å². The van der Waals surface area contributed by atoms with Gasteiger partial charge in [0.1, 0.15) is 0 Å². The van der Waals surface area contributed by atoms with E-state index in [1.165, 1.54) is 5.56 Å². The Morgan fingerprint density at radius 1 is 0.875 bits per heavy atom. The third-order valence-corrected chi connectivity index (χ3v) is 5.00. The molecular formula is C17H18F3NO2S. The summed E-state index contributed by atoms with van der Waals surface area (Å²) in [4.78, 5) is -0.168. The highest BCUT2D eigenvalue weighted by molar-refractivity contribution is 7.89. The van der Waals surface area contributed by atoms with Gasteiger partial charge >= 0.3 is 6.18 Å². The van der Waals surface area contributed by atoms with E-state index < -0.39 is 21.8 Å². The van der Waals surface area contributed by atoms with Crippen molar-refractivity contribution in [2.24, 2.45) is 0 Å². The van der Waals surface area contributed by atoms with Gasteiger partial charge in [0.05, 0.1) is 10.5 Å². The predicted molar refractivity (Wildman–Crippen MR) is 86.0 cm³/mol. The Morgan fingerprint density at radius 2 is 1.50 bits per heavy atom. The minimum Gasteiger partial charge on any atom is -0.211 e. The summed E-state index contributed by atoms with van der Waals surface area (Å²) in [6.07, 6.45) is -2.16. The summed E-state index contributed by atoms with van der Waals surface area (Å²) in [5.41, 5.74) is 0.312. The van der Waals surface area contributed by atoms with Crippen molar-refractivity contribution in [1.29, 1.82) is 0 Å². The number of sulfonamides is 1. The molecule has 0 aliphatic heterocycles. The van der Waals surface area contributed by atoms with Gasteiger partial charge < -0.3 is 0 Å². The minimum absolute atomic E-state index is 0.168. The number of hydrogen-bond donors (Lipinski definition) is 1. The van der Waals surface area contributed by atoms with Crippen molar-refractivity contribution in [2.75, 3.05) is 6.54 Å². The molecule has 0 saturated heterocycles. The highest BCUT2D eigenvalue weighted by Crippen LogP contribution is 2.29. The molecule has 2 aromatic carbocycles. The lowest BCUT2D eigenvalue weighted by Gasteiger charge is -2.09. The lowest BCUT2D eigenvalue weighted by atomic mass is 10.1. The van der Waals surface area contributed by atoms with Gasteiger partial charge in [-0.1, -0.05) is 30.3 Å². The molecular weight excluding hydrogens is 339 g/mol. The number of unbranched alkanes of at least 4 members (excludes halogenated alkanes) is 1. The summed E-state index contributed by atoms with van der Waals surface area (Å²) >= 11 is 0. The Balaban J connectivity index is 1.83. The first-order valence-corrected chi connectivity index (χ1v) is 8.98. The van der Waals surface area contributed by atoms with Crippen molar-refractivity contribution in [3.8, 4) is 0 Å². The number of nitrogens with one attached hydrogen (secondary N) is 1. The molecule has 0 amide bonds. The van der Waals surface area contributed by atoms with Crippen LogP contribution in [0.2, 0.25) is 0 Å². The van der Waals surface area contributed by atoms with E-state index in [4.69, 9.17) is 0 Å². The van der Waals surface area contributed by atoms with Crippen LogP contribution in [0.4, 0.5) is 13.2 Å². The molecule has 2 aromatic rings. The van der Waals surface area contributed by atoms with E-state index in [0.29, 0.717) is 6.42 Å². The Bertz CT molecular complexity index is 742. The zero-order valence-electron chi connectivity index (χ0n) is 12.9. The molecule has 0 aliphatic rings. The highest BCUT2D eigenvalue weighted by Gasteiger charge is 2.30. The minimum atomic E-state index is -4.48. The van der Waals surface area contributed by atoms with Gasteiger partial charge in [-0.05, 0) is 49.1 Å². The van der Waals surface area contributed by atoms with Crippen LogP contribution in [-0.2, 0) is 22.6 Å². The monoisotopic (exact) mass is 357 g/mol. The van der Waals surface area contributed by atoms with E-state index in [0.717, 1.165) is 37.1 Å². The highest BCUT2D eigenvalue weighted by atomic mass is 32.2. The number of halogens is 3. The number of hydrogen-bond acceptors (Lipinski definition) is 2. The standard InChI is InChI=1S/C17H18F3NO2S/c18-17(19,20)15-9-11-16(12-10-15)24(22,23)21-13-5-4-8-14-6-2-1-3-7-14/h1-3,6-7,9-12,21H,4-5,8,13H2. The molecule has 0 saturated carbocycles. The van der Waals surface area contributed by atoms with Crippen LogP contribution in [-0.4, -0.2) is 15.0 Å². The second-order valence-corrected chi connectivity index (χ2v) is 7.13. The largest absolute Gasteiger partial charge is 0.416 e. The first-order chi connectivity index (χ1) is 11.3. The molecule has 24 heavy (non-hydrogen) atoms. The molecule has 0 atom stereocenters. The Hall–Kier alpha value is -1.86. The fourth-order valence-electron chi connectivity index (χ4n) is 2.21. The first kappa shape index (κ1) is 18.5. The summed E-state index contributed by atoms with van der Waals surface area (Å²) in [6.45, 7) is 0.246. The van der Waals surface area contributed by atoms with Crippen LogP contribution >= 0.6 is 0 Å². The number of rotatable bonds is 7. The molecule has 1 N–H and O–H groups in total. The molecule has 3 nitrogen and oxygen atoms in total. The normalized spacial score (nSPS) is 12.3. The smallest absolute Gasteiger partial charge is 0.211 e. The van der Waals surface area contributed by atoms with Crippen molar-refractivity contribution < 1.29 is 21.6 Å². The van der Waals surface area contributed by atoms with Gasteiger partial charge in [0, 0.05) is 6.54 Å². The average molecular weight is 357 g/mol. The molecule has 7 heteroatoms. The topological polar surface area (TPSA) is 46.2 Å². The quantitative estimate of drug-likeness (QED) is 0.761. The first-order valence-electron chi connectivity index (χ1n) is 7.50. The van der Waals surface area contributed by atoms with Crippen LogP contribution in [0.5, 0.6) is 0 Å². The molecule has 130 valence electrons. The third kappa shape index (κ3) is 5.35. The van der Waals surface area contributed by atoms with Gasteiger partial charge in [0.15, 0.2) is 0 Å². The summed E-state index contributed by atoms with van der Waals surface area (Å²) in [5, 5.41) is 0. The fraction of sp³-hybridized carbons (Fsp3) is 0.294. The van der Waals surface area contributed by atoms with Gasteiger partial charge in [0.25, 0.3) is 0 Å². The SMILES string of the molecule is O=S(=O)(NCCCCc1ccccc1)c1ccc(C(F)(F)F)cc1. The van der Waals surface area contributed by atoms with Crippen LogP contribution in [0.1, 0.15) is 24.0 Å². The van der Waals surface area contributed by atoms with Gasteiger partial charge in [-0.15, -0.1) is 0 Å². The summed E-state index contributed by atoms with van der Waals surface area (Å²) < 4.78 is 63.9. The number of aryl methyl sites for hydroxylation is 1. The van der Waals surface area contributed by atoms with Crippen molar-refractivity contribution >= 4 is 10.0 Å². The zero-order chi connectivity index (χ0) is 17.6. The molecule has 2 rings (SSSR count). The second kappa shape index (κ2) is 7.81. The van der Waals surface area contributed by atoms with Crippen LogP contribution in [0.3, 0.4) is 0 Å². The van der Waals surface area contributed by atoms with Gasteiger partial charge in [0.2, 0.25) is 10.0 Å². The molecule has 0 spiro atoms. The Kier molecular flexibility index (Phi) is 6.01. The second-order valence-electron chi connectivity index (χ2n) is 5.36. The number of benzene rings is 2. The van der Waals surface area contributed by atoms with E-state index in [9.17, 15) is 21.6 Å².